The molecule has 2 atom stereocenters. The second-order valence-electron chi connectivity index (χ2n) is 2.90. The van der Waals surface area contributed by atoms with E-state index in [0.29, 0.717) is 0 Å². The van der Waals surface area contributed by atoms with Crippen LogP contribution in [0.1, 0.15) is 25.1 Å². The van der Waals surface area contributed by atoms with Crippen LogP contribution in [0.2, 0.25) is 0 Å². The van der Waals surface area contributed by atoms with E-state index in [9.17, 15) is 0 Å². The number of hydrogen-bond donors (Lipinski definition) is 1. The van der Waals surface area contributed by atoms with Gasteiger partial charge in [-0.1, -0.05) is 0 Å². The van der Waals surface area contributed by atoms with Crippen molar-refractivity contribution in [3.8, 4) is 0 Å². The van der Waals surface area contributed by atoms with Crippen LogP contribution in [0.15, 0.2) is 22.8 Å². The van der Waals surface area contributed by atoms with Crippen molar-refractivity contribution in [1.82, 2.24) is 0 Å². The highest BCUT2D eigenvalue weighted by Gasteiger charge is 2.12. The Morgan fingerprint density at radius 1 is 1.67 bits per heavy atom. The van der Waals surface area contributed by atoms with Crippen molar-refractivity contribution in [2.75, 3.05) is 7.11 Å². The van der Waals surface area contributed by atoms with Gasteiger partial charge in [0.15, 0.2) is 0 Å². The summed E-state index contributed by atoms with van der Waals surface area (Å²) in [6.45, 7) is 1.99. The average Bonchev–Trinajstić information content (AvgIpc) is 2.56. The van der Waals surface area contributed by atoms with Crippen LogP contribution in [0.25, 0.3) is 0 Å². The van der Waals surface area contributed by atoms with E-state index in [1.54, 1.807) is 13.4 Å². The van der Waals surface area contributed by atoms with Crippen LogP contribution in [0, 0.1) is 0 Å². The predicted molar refractivity (Wildman–Crippen MR) is 46.7 cm³/mol. The summed E-state index contributed by atoms with van der Waals surface area (Å²) in [5.41, 5.74) is 5.84. The lowest BCUT2D eigenvalue weighted by molar-refractivity contribution is 0.102. The van der Waals surface area contributed by atoms with Gasteiger partial charge in [0.2, 0.25) is 0 Å². The summed E-state index contributed by atoms with van der Waals surface area (Å²) >= 11 is 0. The molecule has 0 bridgehead atoms. The van der Waals surface area contributed by atoms with E-state index in [1.807, 2.05) is 19.1 Å². The molecule has 1 aromatic rings. The molecular formula is C9H15NO2. The fourth-order valence-electron chi connectivity index (χ4n) is 1.07. The molecule has 3 nitrogen and oxygen atoms in total. The van der Waals surface area contributed by atoms with Crippen molar-refractivity contribution in [2.24, 2.45) is 5.73 Å². The number of furan rings is 1. The van der Waals surface area contributed by atoms with Gasteiger partial charge in [0.05, 0.1) is 18.4 Å². The molecule has 0 spiro atoms. The molecule has 3 heteroatoms. The SMILES string of the molecule is COC(C)CC(N)c1ccco1. The third-order valence-corrected chi connectivity index (χ3v) is 1.90. The monoisotopic (exact) mass is 169 g/mol. The Bertz CT molecular complexity index is 208. The van der Waals surface area contributed by atoms with Gasteiger partial charge in [0, 0.05) is 7.11 Å². The molecule has 0 radical (unpaired) electrons. The molecule has 68 valence electrons. The predicted octanol–water partition coefficient (Wildman–Crippen LogP) is 1.70. The van der Waals surface area contributed by atoms with Gasteiger partial charge in [-0.15, -0.1) is 0 Å². The zero-order chi connectivity index (χ0) is 8.97. The summed E-state index contributed by atoms with van der Waals surface area (Å²) in [7, 11) is 1.68. The molecule has 1 aromatic heterocycles. The second kappa shape index (κ2) is 4.28. The molecule has 0 aliphatic rings. The number of nitrogens with two attached hydrogens (primary N) is 1. The van der Waals surface area contributed by atoms with E-state index in [0.717, 1.165) is 12.2 Å². The second-order valence-corrected chi connectivity index (χ2v) is 2.90. The van der Waals surface area contributed by atoms with Crippen LogP contribution in [0.4, 0.5) is 0 Å². The fourth-order valence-corrected chi connectivity index (χ4v) is 1.07. The maximum atomic E-state index is 5.84. The minimum absolute atomic E-state index is 0.0602. The molecule has 0 aromatic carbocycles. The molecule has 2 unspecified atom stereocenters. The smallest absolute Gasteiger partial charge is 0.120 e. The lowest BCUT2D eigenvalue weighted by Gasteiger charge is -2.13. The first-order valence-corrected chi connectivity index (χ1v) is 4.05. The molecule has 0 aliphatic carbocycles. The van der Waals surface area contributed by atoms with E-state index in [4.69, 9.17) is 14.9 Å². The normalized spacial score (nSPS) is 15.9. The number of hydrogen-bond acceptors (Lipinski definition) is 3. The van der Waals surface area contributed by atoms with Crippen molar-refractivity contribution < 1.29 is 9.15 Å². The molecular weight excluding hydrogens is 154 g/mol. The Labute approximate surface area is 72.5 Å². The highest BCUT2D eigenvalue weighted by atomic mass is 16.5. The molecule has 0 aliphatic heterocycles. The Hall–Kier alpha value is -0.800. The molecule has 1 rings (SSSR count). The lowest BCUT2D eigenvalue weighted by Crippen LogP contribution is -2.17. The highest BCUT2D eigenvalue weighted by molar-refractivity contribution is 5.03. The van der Waals surface area contributed by atoms with Gasteiger partial charge < -0.3 is 14.9 Å². The Balaban J connectivity index is 2.44. The van der Waals surface area contributed by atoms with E-state index >= 15 is 0 Å². The maximum Gasteiger partial charge on any atom is 0.120 e. The van der Waals surface area contributed by atoms with Crippen molar-refractivity contribution >= 4 is 0 Å². The zero-order valence-electron chi connectivity index (χ0n) is 7.49. The summed E-state index contributed by atoms with van der Waals surface area (Å²) in [6.07, 6.45) is 2.58. The molecule has 0 fully saturated rings. The Morgan fingerprint density at radius 2 is 2.42 bits per heavy atom. The quantitative estimate of drug-likeness (QED) is 0.746. The van der Waals surface area contributed by atoms with Gasteiger partial charge in [0.25, 0.3) is 0 Å². The third-order valence-electron chi connectivity index (χ3n) is 1.90. The standard InChI is InChI=1S/C9H15NO2/c1-7(11-2)6-8(10)9-4-3-5-12-9/h3-5,7-8H,6,10H2,1-2H3. The van der Waals surface area contributed by atoms with Crippen LogP contribution in [-0.4, -0.2) is 13.2 Å². The van der Waals surface area contributed by atoms with Crippen LogP contribution in [0.5, 0.6) is 0 Å². The molecule has 2 N–H and O–H groups in total. The van der Waals surface area contributed by atoms with Gasteiger partial charge in [-0.2, -0.15) is 0 Å². The van der Waals surface area contributed by atoms with Gasteiger partial charge in [-0.05, 0) is 25.5 Å². The minimum Gasteiger partial charge on any atom is -0.468 e. The van der Waals surface area contributed by atoms with E-state index < -0.39 is 0 Å². The number of methoxy groups -OCH3 is 1. The first-order valence-electron chi connectivity index (χ1n) is 4.05. The summed E-state index contributed by atoms with van der Waals surface area (Å²) in [4.78, 5) is 0. The first-order chi connectivity index (χ1) is 5.74. The van der Waals surface area contributed by atoms with Crippen molar-refractivity contribution in [3.63, 3.8) is 0 Å². The molecule has 0 saturated heterocycles. The van der Waals surface area contributed by atoms with E-state index in [2.05, 4.69) is 0 Å². The minimum atomic E-state index is -0.0602. The summed E-state index contributed by atoms with van der Waals surface area (Å²) in [5, 5.41) is 0. The summed E-state index contributed by atoms with van der Waals surface area (Å²) < 4.78 is 10.3. The Kier molecular flexibility index (Phi) is 3.31. The van der Waals surface area contributed by atoms with Gasteiger partial charge in [-0.25, -0.2) is 0 Å². The van der Waals surface area contributed by atoms with Crippen LogP contribution >= 0.6 is 0 Å². The third kappa shape index (κ3) is 2.36. The zero-order valence-corrected chi connectivity index (χ0v) is 7.49. The highest BCUT2D eigenvalue weighted by Crippen LogP contribution is 2.16. The summed E-state index contributed by atoms with van der Waals surface area (Å²) in [6, 6.07) is 3.66. The van der Waals surface area contributed by atoms with Crippen molar-refractivity contribution in [1.29, 1.82) is 0 Å². The molecule has 1 heterocycles. The van der Waals surface area contributed by atoms with Crippen molar-refractivity contribution in [2.45, 2.75) is 25.5 Å². The van der Waals surface area contributed by atoms with E-state index in [1.165, 1.54) is 0 Å². The average molecular weight is 169 g/mol. The maximum absolute atomic E-state index is 5.84. The van der Waals surface area contributed by atoms with Crippen LogP contribution < -0.4 is 5.73 Å². The largest absolute Gasteiger partial charge is 0.468 e. The summed E-state index contributed by atoms with van der Waals surface area (Å²) in [5.74, 6) is 0.818. The topological polar surface area (TPSA) is 48.4 Å². The van der Waals surface area contributed by atoms with Gasteiger partial charge >= 0.3 is 0 Å². The van der Waals surface area contributed by atoms with Crippen molar-refractivity contribution in [3.05, 3.63) is 24.2 Å². The molecule has 0 saturated carbocycles. The van der Waals surface area contributed by atoms with Crippen LogP contribution in [-0.2, 0) is 4.74 Å². The van der Waals surface area contributed by atoms with E-state index in [-0.39, 0.29) is 12.1 Å². The number of rotatable bonds is 4. The lowest BCUT2D eigenvalue weighted by atomic mass is 10.1. The van der Waals surface area contributed by atoms with Gasteiger partial charge in [-0.3, -0.25) is 0 Å². The first kappa shape index (κ1) is 9.29. The molecule has 12 heavy (non-hydrogen) atoms. The van der Waals surface area contributed by atoms with Gasteiger partial charge in [0.1, 0.15) is 5.76 Å². The fraction of sp³-hybridized carbons (Fsp3) is 0.556. The number of ether oxygens (including phenoxy) is 1. The van der Waals surface area contributed by atoms with Crippen LogP contribution in [0.3, 0.4) is 0 Å². The molecule has 0 amide bonds. The Morgan fingerprint density at radius 3 is 2.92 bits per heavy atom.